The molecule has 0 radical (unpaired) electrons. The summed E-state index contributed by atoms with van der Waals surface area (Å²) in [5, 5.41) is 3.79. The molecule has 0 aromatic carbocycles. The van der Waals surface area contributed by atoms with E-state index in [0.29, 0.717) is 11.3 Å². The quantitative estimate of drug-likeness (QED) is 0.605. The molecule has 0 saturated heterocycles. The number of rotatable bonds is 1. The first-order chi connectivity index (χ1) is 5.36. The molecule has 3 heteroatoms. The second kappa shape index (κ2) is 2.60. The van der Waals surface area contributed by atoms with Crippen molar-refractivity contribution in [3.05, 3.63) is 40.5 Å². The Labute approximate surface area is 67.9 Å². The van der Waals surface area contributed by atoms with Crippen molar-refractivity contribution in [2.75, 3.05) is 0 Å². The lowest BCUT2D eigenvalue weighted by atomic mass is 10.2. The molecule has 1 aliphatic rings. The van der Waals surface area contributed by atoms with Crippen molar-refractivity contribution in [2.24, 2.45) is 0 Å². The van der Waals surface area contributed by atoms with Crippen LogP contribution in [0.2, 0.25) is 0 Å². The fourth-order valence-corrected chi connectivity index (χ4v) is 1.76. The maximum atomic E-state index is 12.6. The minimum absolute atomic E-state index is 0.0683. The van der Waals surface area contributed by atoms with Crippen LogP contribution in [0.4, 0.5) is 4.39 Å². The summed E-state index contributed by atoms with van der Waals surface area (Å²) in [4.78, 5) is 0. The molecule has 1 aliphatic heterocycles. The van der Waals surface area contributed by atoms with E-state index < -0.39 is 0 Å². The summed E-state index contributed by atoms with van der Waals surface area (Å²) < 4.78 is 12.6. The third-order valence-electron chi connectivity index (χ3n) is 1.60. The van der Waals surface area contributed by atoms with Gasteiger partial charge < -0.3 is 0 Å². The van der Waals surface area contributed by atoms with Crippen LogP contribution in [0.1, 0.15) is 5.56 Å². The maximum absolute atomic E-state index is 12.6. The van der Waals surface area contributed by atoms with E-state index >= 15 is 0 Å². The molecule has 2 N–H and O–H groups in total. The van der Waals surface area contributed by atoms with Crippen LogP contribution in [-0.2, 0) is 0 Å². The fourth-order valence-electron chi connectivity index (χ4n) is 1.06. The predicted molar refractivity (Wildman–Crippen MR) is 44.7 cm³/mol. The van der Waals surface area contributed by atoms with Gasteiger partial charge in [0, 0.05) is 12.1 Å². The first kappa shape index (κ1) is 6.76. The number of nitrogens with two attached hydrogens (primary N) is 1. The molecule has 0 fully saturated rings. The van der Waals surface area contributed by atoms with Gasteiger partial charge in [-0.15, -0.1) is 4.39 Å². The molecule has 1 nitrogen and oxygen atoms in total. The number of quaternary nitrogens is 1. The van der Waals surface area contributed by atoms with Crippen molar-refractivity contribution >= 4 is 17.0 Å². The second-order valence-corrected chi connectivity index (χ2v) is 3.30. The van der Waals surface area contributed by atoms with E-state index in [-0.39, 0.29) is 5.13 Å². The Bertz CT molecular complexity index is 325. The molecule has 0 saturated carbocycles. The van der Waals surface area contributed by atoms with Crippen LogP contribution in [0, 0.1) is 5.13 Å². The number of hydrogen-bond donors (Lipinski definition) is 1. The van der Waals surface area contributed by atoms with Gasteiger partial charge in [-0.3, -0.25) is 5.32 Å². The lowest BCUT2D eigenvalue weighted by molar-refractivity contribution is -0.483. The highest BCUT2D eigenvalue weighted by Gasteiger charge is 2.13. The molecule has 1 aromatic heterocycles. The van der Waals surface area contributed by atoms with E-state index in [2.05, 4.69) is 0 Å². The average Bonchev–Trinajstić information content (AvgIpc) is 2.55. The smallest absolute Gasteiger partial charge is 0.287 e. The van der Waals surface area contributed by atoms with Crippen LogP contribution in [0.25, 0.3) is 5.70 Å². The van der Waals surface area contributed by atoms with Crippen LogP contribution in [0.3, 0.4) is 0 Å². The van der Waals surface area contributed by atoms with Gasteiger partial charge in [-0.2, -0.15) is 0 Å². The molecule has 0 amide bonds. The van der Waals surface area contributed by atoms with Gasteiger partial charge in [0.15, 0.2) is 5.38 Å². The van der Waals surface area contributed by atoms with Crippen molar-refractivity contribution in [1.82, 2.24) is 0 Å². The van der Waals surface area contributed by atoms with Crippen LogP contribution < -0.4 is 5.32 Å². The molecule has 0 bridgehead atoms. The Morgan fingerprint density at radius 1 is 1.45 bits per heavy atom. The highest BCUT2D eigenvalue weighted by atomic mass is 32.1. The number of thiophene rings is 1. The predicted octanol–water partition coefficient (Wildman–Crippen LogP) is 1.05. The van der Waals surface area contributed by atoms with Gasteiger partial charge in [-0.1, -0.05) is 0 Å². The Morgan fingerprint density at radius 2 is 2.36 bits per heavy atom. The van der Waals surface area contributed by atoms with Crippen molar-refractivity contribution in [3.8, 4) is 0 Å². The van der Waals surface area contributed by atoms with Gasteiger partial charge in [-0.05, 0) is 17.4 Å². The molecule has 2 rings (SSSR count). The number of halogens is 1. The molecule has 11 heavy (non-hydrogen) atoms. The standard InChI is InChI=1S/C8H6FNS/c9-8-4-6(5-11-8)7-2-1-3-10-7/h1-5,10H/p+2. The van der Waals surface area contributed by atoms with Crippen molar-refractivity contribution in [1.29, 1.82) is 0 Å². The van der Waals surface area contributed by atoms with Gasteiger partial charge in [0.1, 0.15) is 5.70 Å². The monoisotopic (exact) mass is 169 g/mol. The summed E-state index contributed by atoms with van der Waals surface area (Å²) in [7, 11) is 0. The number of hydrogen-bond acceptors (Lipinski definition) is 0. The molecule has 0 unspecified atom stereocenters. The summed E-state index contributed by atoms with van der Waals surface area (Å²) in [6, 6.07) is 1.58. The zero-order valence-electron chi connectivity index (χ0n) is 5.79. The molecule has 0 atom stereocenters. The highest BCUT2D eigenvalue weighted by Crippen LogP contribution is 2.17. The third kappa shape index (κ3) is 1.25. The van der Waals surface area contributed by atoms with E-state index in [4.69, 9.17) is 0 Å². The third-order valence-corrected chi connectivity index (χ3v) is 2.38. The zero-order chi connectivity index (χ0) is 7.68. The normalized spacial score (nSPS) is 15.5. The van der Waals surface area contributed by atoms with Crippen LogP contribution >= 0.6 is 11.3 Å². The molecule has 0 spiro atoms. The zero-order valence-corrected chi connectivity index (χ0v) is 6.68. The van der Waals surface area contributed by atoms with Crippen molar-refractivity contribution < 1.29 is 9.71 Å². The lowest BCUT2D eigenvalue weighted by Crippen LogP contribution is -2.72. The summed E-state index contributed by atoms with van der Waals surface area (Å²) in [6.45, 7) is 0. The summed E-state index contributed by atoms with van der Waals surface area (Å²) in [5.41, 5.74) is 2.10. The minimum Gasteiger partial charge on any atom is -0.287 e. The Hall–Kier alpha value is -0.930. The van der Waals surface area contributed by atoms with Crippen LogP contribution in [0.15, 0.2) is 29.8 Å². The molecule has 1 aromatic rings. The summed E-state index contributed by atoms with van der Waals surface area (Å²) >= 11 is 0.685. The van der Waals surface area contributed by atoms with Crippen LogP contribution in [-0.4, -0.2) is 0 Å². The molecular weight excluding hydrogens is 161 g/mol. The van der Waals surface area contributed by atoms with E-state index in [1.807, 2.05) is 29.0 Å². The Kier molecular flexibility index (Phi) is 1.60. The molecule has 2 heterocycles. The largest absolute Gasteiger partial charge is 0.321 e. The number of allylic oxidation sites excluding steroid dienone is 2. The first-order valence-electron chi connectivity index (χ1n) is 3.36. The lowest BCUT2D eigenvalue weighted by Gasteiger charge is -1.88. The van der Waals surface area contributed by atoms with E-state index in [9.17, 15) is 4.39 Å². The Balaban J connectivity index is 2.30. The summed E-state index contributed by atoms with van der Waals surface area (Å²) in [6.07, 6.45) is 5.89. The summed E-state index contributed by atoms with van der Waals surface area (Å²) in [5.74, 6) is 0. The van der Waals surface area contributed by atoms with Gasteiger partial charge in [0.25, 0.3) is 0 Å². The molecule has 0 aliphatic carbocycles. The highest BCUT2D eigenvalue weighted by molar-refractivity contribution is 7.08. The minimum atomic E-state index is -0.0683. The fraction of sp³-hybridized carbons (Fsp3) is 0. The molecular formula is C8H8FNS+2. The van der Waals surface area contributed by atoms with E-state index in [1.54, 1.807) is 6.07 Å². The van der Waals surface area contributed by atoms with Crippen molar-refractivity contribution in [3.63, 3.8) is 0 Å². The van der Waals surface area contributed by atoms with Crippen molar-refractivity contribution in [2.45, 2.75) is 0 Å². The van der Waals surface area contributed by atoms with Crippen LogP contribution in [0.5, 0.6) is 0 Å². The Morgan fingerprint density at radius 3 is 2.91 bits per heavy atom. The first-order valence-corrected chi connectivity index (χ1v) is 4.33. The van der Waals surface area contributed by atoms with Gasteiger partial charge in [-0.25, -0.2) is 0 Å². The van der Waals surface area contributed by atoms with E-state index in [1.165, 1.54) is 0 Å². The van der Waals surface area contributed by atoms with E-state index in [0.717, 1.165) is 11.3 Å². The topological polar surface area (TPSA) is 16.6 Å². The SMILES string of the molecule is Fc1cc(C2=CC=C[NH2+]2)c[sH+]1. The molecule has 56 valence electrons. The maximum Gasteiger partial charge on any atom is 0.321 e. The van der Waals surface area contributed by atoms with Gasteiger partial charge >= 0.3 is 5.13 Å². The second-order valence-electron chi connectivity index (χ2n) is 2.35. The average molecular weight is 169 g/mol. The van der Waals surface area contributed by atoms with Gasteiger partial charge in [0.2, 0.25) is 0 Å². The van der Waals surface area contributed by atoms with Gasteiger partial charge in [0.05, 0.1) is 11.8 Å².